The summed E-state index contributed by atoms with van der Waals surface area (Å²) < 4.78 is 2.10. The van der Waals surface area contributed by atoms with Gasteiger partial charge in [-0.3, -0.25) is 9.36 Å². The van der Waals surface area contributed by atoms with E-state index in [-0.39, 0.29) is 11.3 Å². The maximum Gasteiger partial charge on any atom is 0.335 e. The second-order valence-corrected chi connectivity index (χ2v) is 5.56. The molecule has 0 radical (unpaired) electrons. The summed E-state index contributed by atoms with van der Waals surface area (Å²) in [5.74, 6) is -0.964. The molecule has 2 heterocycles. The largest absolute Gasteiger partial charge is 0.478 e. The molecule has 120 valence electrons. The molecule has 0 unspecified atom stereocenters. The highest BCUT2D eigenvalue weighted by Gasteiger charge is 2.14. The average Bonchev–Trinajstić information content (AvgIpc) is 3.10. The second-order valence-electron chi connectivity index (χ2n) is 4.71. The van der Waals surface area contributed by atoms with Gasteiger partial charge in [-0.2, -0.15) is 0 Å². The van der Waals surface area contributed by atoms with Crippen molar-refractivity contribution in [3.63, 3.8) is 0 Å². The smallest absolute Gasteiger partial charge is 0.335 e. The molecule has 0 aliphatic heterocycles. The van der Waals surface area contributed by atoms with Crippen molar-refractivity contribution in [2.75, 3.05) is 5.32 Å². The molecule has 1 amide bonds. The number of pyridine rings is 1. The Balaban J connectivity index is 1.84. The van der Waals surface area contributed by atoms with E-state index in [1.807, 2.05) is 0 Å². The molecule has 0 saturated carbocycles. The Bertz CT molecular complexity index is 894. The van der Waals surface area contributed by atoms with Gasteiger partial charge in [0.25, 0.3) is 5.91 Å². The fourth-order valence-electron chi connectivity index (χ4n) is 1.94. The van der Waals surface area contributed by atoms with Gasteiger partial charge in [-0.15, -0.1) is 10.2 Å². The van der Waals surface area contributed by atoms with E-state index in [1.165, 1.54) is 36.9 Å². The van der Waals surface area contributed by atoms with Crippen molar-refractivity contribution in [3.05, 3.63) is 64.8 Å². The first-order valence-corrected chi connectivity index (χ1v) is 7.50. The third kappa shape index (κ3) is 3.30. The molecular weight excluding hydrogens is 378 g/mol. The van der Waals surface area contributed by atoms with Gasteiger partial charge in [-0.1, -0.05) is 0 Å². The first-order chi connectivity index (χ1) is 11.5. The predicted octanol–water partition coefficient (Wildman–Crippen LogP) is 2.38. The highest BCUT2D eigenvalue weighted by atomic mass is 79.9. The number of rotatable bonds is 4. The normalized spacial score (nSPS) is 10.4. The minimum absolute atomic E-state index is 0.141. The van der Waals surface area contributed by atoms with E-state index in [0.29, 0.717) is 16.0 Å². The van der Waals surface area contributed by atoms with Crippen LogP contribution in [0.2, 0.25) is 0 Å². The molecule has 24 heavy (non-hydrogen) atoms. The SMILES string of the molecule is O=C(O)c1ccc(NC(=O)c2nc(-n3cnnc3)ccc2Br)cc1. The molecule has 0 spiro atoms. The van der Waals surface area contributed by atoms with E-state index in [1.54, 1.807) is 16.7 Å². The number of halogens is 1. The first-order valence-electron chi connectivity index (χ1n) is 6.71. The number of aromatic carboxylic acids is 1. The maximum absolute atomic E-state index is 12.4. The Labute approximate surface area is 144 Å². The van der Waals surface area contributed by atoms with Gasteiger partial charge in [0.15, 0.2) is 0 Å². The monoisotopic (exact) mass is 387 g/mol. The number of amides is 1. The Morgan fingerprint density at radius 1 is 1.04 bits per heavy atom. The molecule has 0 atom stereocenters. The fourth-order valence-corrected chi connectivity index (χ4v) is 2.34. The molecule has 0 fully saturated rings. The Hall–Kier alpha value is -3.07. The van der Waals surface area contributed by atoms with E-state index >= 15 is 0 Å². The molecule has 0 bridgehead atoms. The summed E-state index contributed by atoms with van der Waals surface area (Å²) in [6.07, 6.45) is 2.95. The van der Waals surface area contributed by atoms with Gasteiger partial charge in [0.1, 0.15) is 24.2 Å². The molecule has 2 N–H and O–H groups in total. The van der Waals surface area contributed by atoms with Crippen LogP contribution in [-0.2, 0) is 0 Å². The second kappa shape index (κ2) is 6.59. The van der Waals surface area contributed by atoms with Crippen molar-refractivity contribution < 1.29 is 14.7 Å². The van der Waals surface area contributed by atoms with E-state index in [9.17, 15) is 9.59 Å². The topological polar surface area (TPSA) is 110 Å². The quantitative estimate of drug-likeness (QED) is 0.710. The predicted molar refractivity (Wildman–Crippen MR) is 88.2 cm³/mol. The third-order valence-corrected chi connectivity index (χ3v) is 3.76. The minimum atomic E-state index is -1.03. The van der Waals surface area contributed by atoms with Crippen LogP contribution in [0.3, 0.4) is 0 Å². The first kappa shape index (κ1) is 15.8. The van der Waals surface area contributed by atoms with Gasteiger partial charge in [0.2, 0.25) is 0 Å². The number of hydrogen-bond acceptors (Lipinski definition) is 5. The minimum Gasteiger partial charge on any atom is -0.478 e. The van der Waals surface area contributed by atoms with Gasteiger partial charge in [0, 0.05) is 10.2 Å². The number of nitrogens with one attached hydrogen (secondary N) is 1. The molecule has 3 aromatic rings. The number of hydrogen-bond donors (Lipinski definition) is 2. The van der Waals surface area contributed by atoms with Crippen LogP contribution in [0.25, 0.3) is 5.82 Å². The lowest BCUT2D eigenvalue weighted by atomic mass is 10.2. The van der Waals surface area contributed by atoms with Gasteiger partial charge in [-0.05, 0) is 52.3 Å². The van der Waals surface area contributed by atoms with Crippen molar-refractivity contribution in [1.29, 1.82) is 0 Å². The summed E-state index contributed by atoms with van der Waals surface area (Å²) in [5, 5.41) is 18.9. The van der Waals surface area contributed by atoms with Crippen LogP contribution in [0.15, 0.2) is 53.5 Å². The summed E-state index contributed by atoms with van der Waals surface area (Å²) in [5.41, 5.74) is 0.791. The Morgan fingerprint density at radius 3 is 2.33 bits per heavy atom. The summed E-state index contributed by atoms with van der Waals surface area (Å²) in [6, 6.07) is 9.26. The maximum atomic E-state index is 12.4. The summed E-state index contributed by atoms with van der Waals surface area (Å²) >= 11 is 3.30. The number of anilines is 1. The van der Waals surface area contributed by atoms with Gasteiger partial charge in [-0.25, -0.2) is 9.78 Å². The molecular formula is C15H10BrN5O3. The lowest BCUT2D eigenvalue weighted by molar-refractivity contribution is 0.0696. The highest BCUT2D eigenvalue weighted by Crippen LogP contribution is 2.19. The highest BCUT2D eigenvalue weighted by molar-refractivity contribution is 9.10. The van der Waals surface area contributed by atoms with Crippen LogP contribution in [-0.4, -0.2) is 36.7 Å². The number of benzene rings is 1. The molecule has 0 aliphatic rings. The molecule has 3 rings (SSSR count). The Kier molecular flexibility index (Phi) is 4.34. The lowest BCUT2D eigenvalue weighted by Gasteiger charge is -2.08. The van der Waals surface area contributed by atoms with E-state index in [2.05, 4.69) is 36.4 Å². The summed E-state index contributed by atoms with van der Waals surface area (Å²) in [7, 11) is 0. The van der Waals surface area contributed by atoms with Crippen LogP contribution in [0.4, 0.5) is 5.69 Å². The standard InChI is InChI=1S/C15H10BrN5O3/c16-11-5-6-12(21-7-17-18-8-21)20-13(11)14(22)19-10-3-1-9(2-4-10)15(23)24/h1-8H,(H,19,22)(H,23,24). The molecule has 0 saturated heterocycles. The van der Waals surface area contributed by atoms with Crippen molar-refractivity contribution in [3.8, 4) is 5.82 Å². The third-order valence-electron chi connectivity index (χ3n) is 3.12. The van der Waals surface area contributed by atoms with Crippen LogP contribution >= 0.6 is 15.9 Å². The zero-order chi connectivity index (χ0) is 17.1. The molecule has 1 aromatic carbocycles. The fraction of sp³-hybridized carbons (Fsp3) is 0. The summed E-state index contributed by atoms with van der Waals surface area (Å²) in [4.78, 5) is 27.5. The average molecular weight is 388 g/mol. The van der Waals surface area contributed by atoms with E-state index in [4.69, 9.17) is 5.11 Å². The molecule has 9 heteroatoms. The lowest BCUT2D eigenvalue weighted by Crippen LogP contribution is -2.15. The van der Waals surface area contributed by atoms with Crippen molar-refractivity contribution in [1.82, 2.24) is 19.7 Å². The van der Waals surface area contributed by atoms with Crippen LogP contribution in [0.5, 0.6) is 0 Å². The summed E-state index contributed by atoms with van der Waals surface area (Å²) in [6.45, 7) is 0. The molecule has 2 aromatic heterocycles. The van der Waals surface area contributed by atoms with Crippen LogP contribution < -0.4 is 5.32 Å². The number of carbonyl (C=O) groups is 2. The number of carboxylic acid groups (broad SMARTS) is 1. The number of carboxylic acids is 1. The molecule has 8 nitrogen and oxygen atoms in total. The van der Waals surface area contributed by atoms with Gasteiger partial charge >= 0.3 is 5.97 Å². The van der Waals surface area contributed by atoms with E-state index < -0.39 is 11.9 Å². The van der Waals surface area contributed by atoms with E-state index in [0.717, 1.165) is 0 Å². The number of nitrogens with zero attached hydrogens (tertiary/aromatic N) is 4. The van der Waals surface area contributed by atoms with Gasteiger partial charge < -0.3 is 10.4 Å². The zero-order valence-corrected chi connectivity index (χ0v) is 13.6. The zero-order valence-electron chi connectivity index (χ0n) is 12.0. The van der Waals surface area contributed by atoms with Crippen molar-refractivity contribution in [2.45, 2.75) is 0 Å². The number of aromatic nitrogens is 4. The van der Waals surface area contributed by atoms with Crippen molar-refractivity contribution >= 4 is 33.5 Å². The van der Waals surface area contributed by atoms with Crippen LogP contribution in [0, 0.1) is 0 Å². The van der Waals surface area contributed by atoms with Gasteiger partial charge in [0.05, 0.1) is 5.56 Å². The Morgan fingerprint density at radius 2 is 1.71 bits per heavy atom. The van der Waals surface area contributed by atoms with Crippen LogP contribution in [0.1, 0.15) is 20.8 Å². The number of carbonyl (C=O) groups excluding carboxylic acids is 1. The molecule has 0 aliphatic carbocycles. The van der Waals surface area contributed by atoms with Crippen molar-refractivity contribution in [2.24, 2.45) is 0 Å².